The SMILES string of the molecule is O=C(NCCC#Cc1ccc(C(=O)O)o1)OCC1c2ccccc2-c2ccccc21. The molecule has 0 saturated carbocycles. The maximum atomic E-state index is 12.1. The average Bonchev–Trinajstić information content (AvgIpc) is 3.35. The molecule has 1 aromatic heterocycles. The number of carboxylic acid groups (broad SMARTS) is 1. The summed E-state index contributed by atoms with van der Waals surface area (Å²) in [5.74, 6) is 4.54. The molecule has 0 radical (unpaired) electrons. The minimum atomic E-state index is -1.14. The van der Waals surface area contributed by atoms with Gasteiger partial charge in [0.05, 0.1) is 0 Å². The highest BCUT2D eigenvalue weighted by Crippen LogP contribution is 2.44. The van der Waals surface area contributed by atoms with Crippen molar-refractivity contribution < 1.29 is 23.8 Å². The zero-order valence-corrected chi connectivity index (χ0v) is 16.1. The molecule has 150 valence electrons. The number of ether oxygens (including phenoxy) is 1. The quantitative estimate of drug-likeness (QED) is 0.493. The maximum Gasteiger partial charge on any atom is 0.407 e. The standard InChI is InChI=1S/C24H19NO5/c26-23(27)22-13-12-16(30-22)7-5-6-14-25-24(28)29-15-21-19-10-3-1-8-17(19)18-9-2-4-11-20(18)21/h1-4,8-13,21H,6,14-15H2,(H,25,28)(H,26,27). The van der Waals surface area contributed by atoms with Crippen molar-refractivity contribution in [2.24, 2.45) is 0 Å². The minimum Gasteiger partial charge on any atom is -0.475 e. The van der Waals surface area contributed by atoms with Gasteiger partial charge in [-0.05, 0) is 40.3 Å². The highest BCUT2D eigenvalue weighted by Gasteiger charge is 2.28. The summed E-state index contributed by atoms with van der Waals surface area (Å²) in [7, 11) is 0. The smallest absolute Gasteiger partial charge is 0.407 e. The van der Waals surface area contributed by atoms with E-state index in [-0.39, 0.29) is 24.0 Å². The summed E-state index contributed by atoms with van der Waals surface area (Å²) < 4.78 is 10.5. The zero-order chi connectivity index (χ0) is 20.9. The van der Waals surface area contributed by atoms with Gasteiger partial charge in [-0.1, -0.05) is 54.5 Å². The van der Waals surface area contributed by atoms with Gasteiger partial charge >= 0.3 is 12.1 Å². The first-order chi connectivity index (χ1) is 14.6. The van der Waals surface area contributed by atoms with Gasteiger partial charge in [0.1, 0.15) is 6.61 Å². The second kappa shape index (κ2) is 8.58. The predicted octanol–water partition coefficient (Wildman–Crippen LogP) is 4.26. The number of hydrogen-bond donors (Lipinski definition) is 2. The molecule has 1 amide bonds. The molecule has 1 heterocycles. The Kier molecular flexibility index (Phi) is 5.53. The van der Waals surface area contributed by atoms with E-state index < -0.39 is 12.1 Å². The second-order valence-corrected chi connectivity index (χ2v) is 6.77. The Morgan fingerprint density at radius 2 is 1.67 bits per heavy atom. The number of hydrogen-bond acceptors (Lipinski definition) is 4. The third kappa shape index (κ3) is 4.06. The molecular formula is C24H19NO5. The Morgan fingerprint density at radius 3 is 2.30 bits per heavy atom. The molecule has 6 nitrogen and oxygen atoms in total. The fraction of sp³-hybridized carbons (Fsp3) is 0.167. The monoisotopic (exact) mass is 401 g/mol. The molecule has 1 aliphatic carbocycles. The lowest BCUT2D eigenvalue weighted by molar-refractivity contribution is 0.0661. The molecular weight excluding hydrogens is 382 g/mol. The van der Waals surface area contributed by atoms with Crippen molar-refractivity contribution in [1.82, 2.24) is 5.32 Å². The lowest BCUT2D eigenvalue weighted by Crippen LogP contribution is -2.26. The molecule has 0 saturated heterocycles. The summed E-state index contributed by atoms with van der Waals surface area (Å²) in [5, 5.41) is 11.5. The van der Waals surface area contributed by atoms with Gasteiger partial charge in [0.15, 0.2) is 5.76 Å². The molecule has 3 aromatic rings. The van der Waals surface area contributed by atoms with Gasteiger partial charge in [0, 0.05) is 18.9 Å². The third-order valence-electron chi connectivity index (χ3n) is 4.89. The molecule has 2 aromatic carbocycles. The van der Waals surface area contributed by atoms with Crippen molar-refractivity contribution in [3.05, 3.63) is 83.3 Å². The van der Waals surface area contributed by atoms with Crippen LogP contribution >= 0.6 is 0 Å². The van der Waals surface area contributed by atoms with Crippen LogP contribution in [0.5, 0.6) is 0 Å². The van der Waals surface area contributed by atoms with Gasteiger partial charge in [-0.3, -0.25) is 0 Å². The summed E-state index contributed by atoms with van der Waals surface area (Å²) in [4.78, 5) is 22.8. The number of benzene rings is 2. The zero-order valence-electron chi connectivity index (χ0n) is 16.1. The number of aromatic carboxylic acids is 1. The Hall–Kier alpha value is -3.98. The first kappa shape index (κ1) is 19.3. The summed E-state index contributed by atoms with van der Waals surface area (Å²) in [6.07, 6.45) is -0.113. The summed E-state index contributed by atoms with van der Waals surface area (Å²) in [6.45, 7) is 0.575. The van der Waals surface area contributed by atoms with Gasteiger partial charge in [-0.15, -0.1) is 0 Å². The van der Waals surface area contributed by atoms with E-state index in [1.807, 2.05) is 24.3 Å². The van der Waals surface area contributed by atoms with Crippen molar-refractivity contribution >= 4 is 12.1 Å². The molecule has 30 heavy (non-hydrogen) atoms. The van der Waals surface area contributed by atoms with E-state index in [4.69, 9.17) is 14.3 Å². The molecule has 0 unspecified atom stereocenters. The van der Waals surface area contributed by atoms with Crippen LogP contribution in [-0.4, -0.2) is 30.3 Å². The second-order valence-electron chi connectivity index (χ2n) is 6.77. The highest BCUT2D eigenvalue weighted by atomic mass is 16.5. The topological polar surface area (TPSA) is 88.8 Å². The van der Waals surface area contributed by atoms with Crippen molar-refractivity contribution in [3.8, 4) is 23.0 Å². The van der Waals surface area contributed by atoms with Crippen LogP contribution in [0.3, 0.4) is 0 Å². The molecule has 0 bridgehead atoms. The summed E-state index contributed by atoms with van der Waals surface area (Å²) in [5.41, 5.74) is 4.69. The lowest BCUT2D eigenvalue weighted by atomic mass is 9.98. The van der Waals surface area contributed by atoms with Crippen LogP contribution < -0.4 is 5.32 Å². The molecule has 1 aliphatic rings. The van der Waals surface area contributed by atoms with Crippen LogP contribution in [0.4, 0.5) is 4.79 Å². The van der Waals surface area contributed by atoms with E-state index in [2.05, 4.69) is 41.4 Å². The minimum absolute atomic E-state index is 0.0188. The van der Waals surface area contributed by atoms with Gasteiger partial charge < -0.3 is 19.6 Å². The highest BCUT2D eigenvalue weighted by molar-refractivity contribution is 5.84. The van der Waals surface area contributed by atoms with Gasteiger partial charge in [-0.2, -0.15) is 0 Å². The van der Waals surface area contributed by atoms with Crippen molar-refractivity contribution in [2.75, 3.05) is 13.2 Å². The van der Waals surface area contributed by atoms with Crippen LogP contribution in [0.25, 0.3) is 11.1 Å². The van der Waals surface area contributed by atoms with E-state index >= 15 is 0 Å². The van der Waals surface area contributed by atoms with Crippen LogP contribution in [0, 0.1) is 11.8 Å². The van der Waals surface area contributed by atoms with E-state index in [1.54, 1.807) is 0 Å². The van der Waals surface area contributed by atoms with Gasteiger partial charge in [0.25, 0.3) is 0 Å². The number of furan rings is 1. The van der Waals surface area contributed by atoms with Crippen molar-refractivity contribution in [3.63, 3.8) is 0 Å². The third-order valence-corrected chi connectivity index (χ3v) is 4.89. The number of nitrogens with one attached hydrogen (secondary N) is 1. The molecule has 0 atom stereocenters. The Balaban J connectivity index is 1.28. The fourth-order valence-electron chi connectivity index (χ4n) is 3.55. The normalized spacial score (nSPS) is 11.7. The van der Waals surface area contributed by atoms with Crippen molar-refractivity contribution in [2.45, 2.75) is 12.3 Å². The number of carboxylic acids is 1. The molecule has 4 rings (SSSR count). The first-order valence-corrected chi connectivity index (χ1v) is 9.54. The predicted molar refractivity (Wildman–Crippen MR) is 110 cm³/mol. The van der Waals surface area contributed by atoms with E-state index in [9.17, 15) is 9.59 Å². The Labute approximate surface area is 173 Å². The molecule has 0 aliphatic heterocycles. The van der Waals surface area contributed by atoms with E-state index in [0.29, 0.717) is 13.0 Å². The number of rotatable bonds is 5. The molecule has 0 spiro atoms. The number of fused-ring (bicyclic) bond motifs is 3. The van der Waals surface area contributed by atoms with Crippen LogP contribution in [0.1, 0.15) is 39.8 Å². The van der Waals surface area contributed by atoms with Crippen molar-refractivity contribution in [1.29, 1.82) is 0 Å². The maximum absolute atomic E-state index is 12.1. The number of amides is 1. The summed E-state index contributed by atoms with van der Waals surface area (Å²) in [6, 6.07) is 19.2. The number of carbonyl (C=O) groups excluding carboxylic acids is 1. The van der Waals surface area contributed by atoms with E-state index in [0.717, 1.165) is 11.1 Å². The lowest BCUT2D eigenvalue weighted by Gasteiger charge is -2.14. The van der Waals surface area contributed by atoms with Crippen LogP contribution in [-0.2, 0) is 4.74 Å². The van der Waals surface area contributed by atoms with Crippen LogP contribution in [0.15, 0.2) is 65.1 Å². The Morgan fingerprint density at radius 1 is 1.00 bits per heavy atom. The largest absolute Gasteiger partial charge is 0.475 e. The number of alkyl carbamates (subject to hydrolysis) is 1. The van der Waals surface area contributed by atoms with Crippen LogP contribution in [0.2, 0.25) is 0 Å². The first-order valence-electron chi connectivity index (χ1n) is 9.54. The fourth-order valence-corrected chi connectivity index (χ4v) is 3.55. The molecule has 0 fully saturated rings. The Bertz CT molecular complexity index is 1110. The van der Waals surface area contributed by atoms with E-state index in [1.165, 1.54) is 23.3 Å². The number of carbonyl (C=O) groups is 2. The molecule has 2 N–H and O–H groups in total. The molecule has 6 heteroatoms. The van der Waals surface area contributed by atoms with Gasteiger partial charge in [-0.25, -0.2) is 9.59 Å². The average molecular weight is 401 g/mol. The van der Waals surface area contributed by atoms with Gasteiger partial charge in [0.2, 0.25) is 5.76 Å². The summed E-state index contributed by atoms with van der Waals surface area (Å²) >= 11 is 0.